The molecular formula is C15H25BrN4O2. The topological polar surface area (TPSA) is 77.5 Å². The lowest BCUT2D eigenvalue weighted by molar-refractivity contribution is 0.206. The molecule has 0 aliphatic heterocycles. The fourth-order valence-corrected chi connectivity index (χ4v) is 2.26. The lowest BCUT2D eigenvalue weighted by Crippen LogP contribution is -2.42. The minimum Gasteiger partial charge on any atom is -0.394 e. The van der Waals surface area contributed by atoms with Gasteiger partial charge in [0.05, 0.1) is 18.3 Å². The molecule has 22 heavy (non-hydrogen) atoms. The van der Waals surface area contributed by atoms with Crippen LogP contribution in [0.5, 0.6) is 0 Å². The Balaban J connectivity index is 2.48. The van der Waals surface area contributed by atoms with Gasteiger partial charge in [0.15, 0.2) is 0 Å². The molecule has 0 aromatic carbocycles. The van der Waals surface area contributed by atoms with Gasteiger partial charge in [0.25, 0.3) is 0 Å². The second-order valence-corrected chi connectivity index (χ2v) is 5.91. The number of nitrogens with one attached hydrogen (secondary N) is 2. The lowest BCUT2D eigenvalue weighted by atomic mass is 10.2. The molecule has 6 nitrogen and oxygen atoms in total. The highest BCUT2D eigenvalue weighted by atomic mass is 79.9. The van der Waals surface area contributed by atoms with Crippen LogP contribution in [0, 0.1) is 6.92 Å². The van der Waals surface area contributed by atoms with Crippen LogP contribution >= 0.6 is 15.9 Å². The minimum atomic E-state index is -0.354. The second-order valence-electron chi connectivity index (χ2n) is 5.06. The number of hydrogen-bond acceptors (Lipinski definition) is 4. The SMILES string of the molecule is CCN(CC)CCC(CO)NC(=O)Nc1ccc(Br)c(C)n1. The van der Waals surface area contributed by atoms with Crippen molar-refractivity contribution in [2.75, 3.05) is 31.6 Å². The number of hydrogen-bond donors (Lipinski definition) is 3. The summed E-state index contributed by atoms with van der Waals surface area (Å²) in [6.07, 6.45) is 0.707. The van der Waals surface area contributed by atoms with E-state index in [1.165, 1.54) is 0 Å². The van der Waals surface area contributed by atoms with E-state index in [4.69, 9.17) is 0 Å². The number of pyridine rings is 1. The van der Waals surface area contributed by atoms with Gasteiger partial charge in [-0.1, -0.05) is 13.8 Å². The maximum absolute atomic E-state index is 12.0. The van der Waals surface area contributed by atoms with Crippen molar-refractivity contribution in [2.45, 2.75) is 33.2 Å². The maximum atomic E-state index is 12.0. The van der Waals surface area contributed by atoms with Crippen molar-refractivity contribution >= 4 is 27.8 Å². The number of amides is 2. The zero-order chi connectivity index (χ0) is 16.5. The van der Waals surface area contributed by atoms with Crippen LogP contribution in [0.25, 0.3) is 0 Å². The van der Waals surface area contributed by atoms with E-state index in [9.17, 15) is 9.90 Å². The van der Waals surface area contributed by atoms with E-state index < -0.39 is 0 Å². The number of anilines is 1. The summed E-state index contributed by atoms with van der Waals surface area (Å²) in [6.45, 7) is 8.73. The summed E-state index contributed by atoms with van der Waals surface area (Å²) in [7, 11) is 0. The number of carbonyl (C=O) groups is 1. The van der Waals surface area contributed by atoms with E-state index in [1.807, 2.05) is 13.0 Å². The van der Waals surface area contributed by atoms with Gasteiger partial charge in [0.1, 0.15) is 5.82 Å². The molecule has 0 fully saturated rings. The Labute approximate surface area is 140 Å². The zero-order valence-electron chi connectivity index (χ0n) is 13.4. The third-order valence-corrected chi connectivity index (χ3v) is 4.34. The normalized spacial score (nSPS) is 12.3. The van der Waals surface area contributed by atoms with Crippen LogP contribution in [0.15, 0.2) is 16.6 Å². The first-order valence-corrected chi connectivity index (χ1v) is 8.33. The molecule has 0 saturated carbocycles. The van der Waals surface area contributed by atoms with Gasteiger partial charge >= 0.3 is 6.03 Å². The molecule has 0 aliphatic rings. The van der Waals surface area contributed by atoms with Crippen molar-refractivity contribution in [1.82, 2.24) is 15.2 Å². The summed E-state index contributed by atoms with van der Waals surface area (Å²) in [5, 5.41) is 14.9. The number of aliphatic hydroxyl groups is 1. The summed E-state index contributed by atoms with van der Waals surface area (Å²) < 4.78 is 0.894. The van der Waals surface area contributed by atoms with Crippen molar-refractivity contribution < 1.29 is 9.90 Å². The van der Waals surface area contributed by atoms with Gasteiger partial charge in [-0.3, -0.25) is 5.32 Å². The maximum Gasteiger partial charge on any atom is 0.320 e. The molecule has 2 amide bonds. The number of rotatable bonds is 8. The van der Waals surface area contributed by atoms with E-state index in [0.29, 0.717) is 12.2 Å². The van der Waals surface area contributed by atoms with Crippen LogP contribution in [0.4, 0.5) is 10.6 Å². The third-order valence-electron chi connectivity index (χ3n) is 3.51. The third kappa shape index (κ3) is 6.29. The van der Waals surface area contributed by atoms with E-state index in [0.717, 1.165) is 29.8 Å². The fourth-order valence-electron chi connectivity index (χ4n) is 2.04. The zero-order valence-corrected chi connectivity index (χ0v) is 15.0. The summed E-state index contributed by atoms with van der Waals surface area (Å²) in [5.74, 6) is 0.485. The molecule has 0 aliphatic carbocycles. The van der Waals surface area contributed by atoms with Crippen molar-refractivity contribution in [3.8, 4) is 0 Å². The highest BCUT2D eigenvalue weighted by molar-refractivity contribution is 9.10. The first-order chi connectivity index (χ1) is 10.5. The Kier molecular flexibility index (Phi) is 8.37. The molecule has 0 radical (unpaired) electrons. The van der Waals surface area contributed by atoms with Crippen LogP contribution < -0.4 is 10.6 Å². The van der Waals surface area contributed by atoms with Gasteiger partial charge in [0.2, 0.25) is 0 Å². The standard InChI is InChI=1S/C15H25BrN4O2/c1-4-20(5-2)9-8-12(10-21)18-15(22)19-14-7-6-13(16)11(3)17-14/h6-7,12,21H,4-5,8-10H2,1-3H3,(H2,17,18,19,22). The van der Waals surface area contributed by atoms with Crippen LogP contribution in [0.2, 0.25) is 0 Å². The predicted molar refractivity (Wildman–Crippen MR) is 92.1 cm³/mol. The smallest absolute Gasteiger partial charge is 0.320 e. The molecule has 1 rings (SSSR count). The van der Waals surface area contributed by atoms with Crippen LogP contribution in [-0.4, -0.2) is 53.3 Å². The second kappa shape index (κ2) is 9.76. The molecule has 1 unspecified atom stereocenters. The van der Waals surface area contributed by atoms with Gasteiger partial charge in [-0.25, -0.2) is 9.78 Å². The minimum absolute atomic E-state index is 0.0819. The molecule has 0 saturated heterocycles. The quantitative estimate of drug-likeness (QED) is 0.654. The van der Waals surface area contributed by atoms with Crippen molar-refractivity contribution in [2.24, 2.45) is 0 Å². The predicted octanol–water partition coefficient (Wildman–Crippen LogP) is 2.37. The number of aryl methyl sites for hydroxylation is 1. The molecule has 1 heterocycles. The average molecular weight is 373 g/mol. The largest absolute Gasteiger partial charge is 0.394 e. The number of urea groups is 1. The molecule has 3 N–H and O–H groups in total. The van der Waals surface area contributed by atoms with Gasteiger partial charge in [-0.15, -0.1) is 0 Å². The molecule has 124 valence electrons. The van der Waals surface area contributed by atoms with Crippen molar-refractivity contribution in [3.05, 3.63) is 22.3 Å². The van der Waals surface area contributed by atoms with E-state index in [-0.39, 0.29) is 18.7 Å². The Bertz CT molecular complexity index is 481. The number of aliphatic hydroxyl groups excluding tert-OH is 1. The van der Waals surface area contributed by atoms with Gasteiger partial charge < -0.3 is 15.3 Å². The average Bonchev–Trinajstić information content (AvgIpc) is 2.50. The summed E-state index contributed by atoms with van der Waals surface area (Å²) >= 11 is 3.37. The van der Waals surface area contributed by atoms with E-state index in [1.54, 1.807) is 6.07 Å². The Morgan fingerprint density at radius 2 is 2.09 bits per heavy atom. The van der Waals surface area contributed by atoms with Gasteiger partial charge in [-0.05, 0) is 54.5 Å². The Morgan fingerprint density at radius 1 is 1.41 bits per heavy atom. The van der Waals surface area contributed by atoms with Gasteiger partial charge in [0, 0.05) is 11.0 Å². The van der Waals surface area contributed by atoms with Gasteiger partial charge in [-0.2, -0.15) is 0 Å². The molecule has 1 aromatic rings. The Morgan fingerprint density at radius 3 is 2.64 bits per heavy atom. The molecule has 1 aromatic heterocycles. The number of carbonyl (C=O) groups excluding carboxylic acids is 1. The van der Waals surface area contributed by atoms with E-state index >= 15 is 0 Å². The molecule has 0 bridgehead atoms. The molecule has 7 heteroatoms. The monoisotopic (exact) mass is 372 g/mol. The van der Waals surface area contributed by atoms with Crippen molar-refractivity contribution in [1.29, 1.82) is 0 Å². The van der Waals surface area contributed by atoms with Crippen LogP contribution in [0.1, 0.15) is 26.0 Å². The number of aromatic nitrogens is 1. The lowest BCUT2D eigenvalue weighted by Gasteiger charge is -2.22. The molecule has 1 atom stereocenters. The van der Waals surface area contributed by atoms with Crippen LogP contribution in [-0.2, 0) is 0 Å². The van der Waals surface area contributed by atoms with E-state index in [2.05, 4.69) is 50.3 Å². The van der Waals surface area contributed by atoms with Crippen molar-refractivity contribution in [3.63, 3.8) is 0 Å². The summed E-state index contributed by atoms with van der Waals surface area (Å²) in [5.41, 5.74) is 0.804. The summed E-state index contributed by atoms with van der Waals surface area (Å²) in [6, 6.07) is 2.94. The summed E-state index contributed by atoms with van der Waals surface area (Å²) in [4.78, 5) is 18.5. The molecular weight excluding hydrogens is 348 g/mol. The molecule has 0 spiro atoms. The first kappa shape index (κ1) is 18.9. The Hall–Kier alpha value is -1.18. The van der Waals surface area contributed by atoms with Crippen LogP contribution in [0.3, 0.4) is 0 Å². The number of halogens is 1. The fraction of sp³-hybridized carbons (Fsp3) is 0.600. The number of nitrogens with zero attached hydrogens (tertiary/aromatic N) is 2. The highest BCUT2D eigenvalue weighted by Crippen LogP contribution is 2.16. The first-order valence-electron chi connectivity index (χ1n) is 7.54. The highest BCUT2D eigenvalue weighted by Gasteiger charge is 2.13.